The minimum atomic E-state index is -0.0321. The molecule has 8 heteroatoms. The van der Waals surface area contributed by atoms with Crippen LogP contribution in [-0.4, -0.2) is 35.5 Å². The van der Waals surface area contributed by atoms with Crippen molar-refractivity contribution in [2.24, 2.45) is 0 Å². The number of amides is 1. The quantitative estimate of drug-likeness (QED) is 0.558. The van der Waals surface area contributed by atoms with E-state index in [1.807, 2.05) is 62.4 Å². The van der Waals surface area contributed by atoms with Crippen molar-refractivity contribution in [3.63, 3.8) is 0 Å². The normalized spacial score (nSPS) is 11.1. The molecule has 4 rings (SSSR count). The first-order valence-corrected chi connectivity index (χ1v) is 9.16. The first-order chi connectivity index (χ1) is 13.6. The third kappa shape index (κ3) is 3.75. The summed E-state index contributed by atoms with van der Waals surface area (Å²) in [6.07, 6.45) is 0.773. The van der Waals surface area contributed by atoms with Crippen molar-refractivity contribution in [1.82, 2.24) is 34.9 Å². The van der Waals surface area contributed by atoms with Crippen molar-refractivity contribution in [2.75, 3.05) is 0 Å². The van der Waals surface area contributed by atoms with Gasteiger partial charge in [0.15, 0.2) is 17.3 Å². The molecule has 0 unspecified atom stereocenters. The van der Waals surface area contributed by atoms with Gasteiger partial charge in [-0.2, -0.15) is 9.61 Å². The van der Waals surface area contributed by atoms with E-state index in [0.29, 0.717) is 36.7 Å². The lowest BCUT2D eigenvalue weighted by Gasteiger charge is -2.06. The highest BCUT2D eigenvalue weighted by atomic mass is 16.1. The van der Waals surface area contributed by atoms with Gasteiger partial charge in [0, 0.05) is 25.1 Å². The molecule has 0 bridgehead atoms. The molecule has 0 aliphatic rings. The Morgan fingerprint density at radius 3 is 2.61 bits per heavy atom. The third-order valence-electron chi connectivity index (χ3n) is 4.45. The molecule has 0 saturated carbocycles. The molecule has 142 valence electrons. The monoisotopic (exact) mass is 375 g/mol. The molecule has 0 atom stereocenters. The second kappa shape index (κ2) is 7.59. The summed E-state index contributed by atoms with van der Waals surface area (Å²) >= 11 is 0. The van der Waals surface area contributed by atoms with E-state index in [1.54, 1.807) is 9.20 Å². The zero-order valence-corrected chi connectivity index (χ0v) is 15.8. The first-order valence-electron chi connectivity index (χ1n) is 9.16. The molecule has 4 aromatic rings. The molecular weight excluding hydrogens is 354 g/mol. The SMILES string of the molecule is Cc1cc(C)n(-c2ccc3nnc(CCC(=O)NCc4ccccc4)n3n2)n1. The van der Waals surface area contributed by atoms with Gasteiger partial charge in [0.2, 0.25) is 5.91 Å². The van der Waals surface area contributed by atoms with Gasteiger partial charge in [-0.1, -0.05) is 30.3 Å². The predicted octanol–water partition coefficient (Wildman–Crippen LogP) is 2.18. The number of carbonyl (C=O) groups is 1. The fraction of sp³-hybridized carbons (Fsp3) is 0.250. The molecule has 0 fully saturated rings. The molecule has 3 aromatic heterocycles. The summed E-state index contributed by atoms with van der Waals surface area (Å²) in [5.74, 6) is 1.30. The van der Waals surface area contributed by atoms with Crippen molar-refractivity contribution in [2.45, 2.75) is 33.2 Å². The summed E-state index contributed by atoms with van der Waals surface area (Å²) in [5, 5.41) is 20.3. The largest absolute Gasteiger partial charge is 0.352 e. The Morgan fingerprint density at radius 2 is 1.86 bits per heavy atom. The number of fused-ring (bicyclic) bond motifs is 1. The van der Waals surface area contributed by atoms with E-state index in [4.69, 9.17) is 0 Å². The van der Waals surface area contributed by atoms with Crippen LogP contribution in [0.25, 0.3) is 11.5 Å². The lowest BCUT2D eigenvalue weighted by molar-refractivity contribution is -0.121. The molecule has 3 heterocycles. The molecule has 1 aromatic carbocycles. The van der Waals surface area contributed by atoms with Gasteiger partial charge in [0.1, 0.15) is 0 Å². The zero-order chi connectivity index (χ0) is 19.5. The minimum Gasteiger partial charge on any atom is -0.352 e. The van der Waals surface area contributed by atoms with E-state index < -0.39 is 0 Å². The number of benzene rings is 1. The minimum absolute atomic E-state index is 0.0321. The average Bonchev–Trinajstić information content (AvgIpc) is 3.27. The third-order valence-corrected chi connectivity index (χ3v) is 4.45. The second-order valence-corrected chi connectivity index (χ2v) is 6.68. The summed E-state index contributed by atoms with van der Waals surface area (Å²) in [7, 11) is 0. The molecule has 0 radical (unpaired) electrons. The fourth-order valence-electron chi connectivity index (χ4n) is 3.06. The number of aromatic nitrogens is 6. The first kappa shape index (κ1) is 17.8. The highest BCUT2D eigenvalue weighted by Gasteiger charge is 2.12. The Bertz CT molecular complexity index is 1110. The summed E-state index contributed by atoms with van der Waals surface area (Å²) in [6.45, 7) is 4.44. The number of hydrogen-bond acceptors (Lipinski definition) is 5. The van der Waals surface area contributed by atoms with Crippen molar-refractivity contribution in [3.05, 3.63) is 71.3 Å². The van der Waals surface area contributed by atoms with Gasteiger partial charge < -0.3 is 5.32 Å². The maximum atomic E-state index is 12.2. The highest BCUT2D eigenvalue weighted by Crippen LogP contribution is 2.12. The van der Waals surface area contributed by atoms with Gasteiger partial charge in [0.25, 0.3) is 0 Å². The van der Waals surface area contributed by atoms with Crippen LogP contribution in [0.15, 0.2) is 48.5 Å². The van der Waals surface area contributed by atoms with Crippen molar-refractivity contribution >= 4 is 11.6 Å². The second-order valence-electron chi connectivity index (χ2n) is 6.68. The number of rotatable bonds is 6. The maximum absolute atomic E-state index is 12.2. The molecule has 1 N–H and O–H groups in total. The van der Waals surface area contributed by atoms with Gasteiger partial charge in [-0.25, -0.2) is 4.68 Å². The van der Waals surface area contributed by atoms with Crippen LogP contribution in [0.3, 0.4) is 0 Å². The van der Waals surface area contributed by atoms with E-state index in [9.17, 15) is 4.79 Å². The van der Waals surface area contributed by atoms with E-state index in [2.05, 4.69) is 25.7 Å². The topological polar surface area (TPSA) is 90.0 Å². The van der Waals surface area contributed by atoms with Crippen LogP contribution in [0.5, 0.6) is 0 Å². The smallest absolute Gasteiger partial charge is 0.220 e. The number of nitrogens with zero attached hydrogens (tertiary/aromatic N) is 6. The van der Waals surface area contributed by atoms with Crippen LogP contribution >= 0.6 is 0 Å². The molecule has 28 heavy (non-hydrogen) atoms. The van der Waals surface area contributed by atoms with Crippen LogP contribution in [0.1, 0.15) is 29.2 Å². The van der Waals surface area contributed by atoms with E-state index in [0.717, 1.165) is 17.0 Å². The summed E-state index contributed by atoms with van der Waals surface area (Å²) in [5.41, 5.74) is 3.64. The van der Waals surface area contributed by atoms with Gasteiger partial charge in [-0.3, -0.25) is 4.79 Å². The number of carbonyl (C=O) groups excluding carboxylic acids is 1. The maximum Gasteiger partial charge on any atom is 0.220 e. The van der Waals surface area contributed by atoms with E-state index in [-0.39, 0.29) is 5.91 Å². The molecule has 1 amide bonds. The molecular formula is C20H21N7O. The molecule has 0 aliphatic carbocycles. The van der Waals surface area contributed by atoms with Crippen LogP contribution in [0, 0.1) is 13.8 Å². The number of nitrogens with one attached hydrogen (secondary N) is 1. The Hall–Kier alpha value is -3.55. The molecule has 8 nitrogen and oxygen atoms in total. The Kier molecular flexibility index (Phi) is 4.84. The fourth-order valence-corrected chi connectivity index (χ4v) is 3.06. The van der Waals surface area contributed by atoms with Crippen LogP contribution < -0.4 is 5.32 Å². The van der Waals surface area contributed by atoms with Crippen LogP contribution in [-0.2, 0) is 17.8 Å². The molecule has 0 aliphatic heterocycles. The van der Waals surface area contributed by atoms with Crippen LogP contribution in [0.4, 0.5) is 0 Å². The summed E-state index contributed by atoms with van der Waals surface area (Å²) in [6, 6.07) is 15.5. The van der Waals surface area contributed by atoms with E-state index >= 15 is 0 Å². The van der Waals surface area contributed by atoms with Gasteiger partial charge >= 0.3 is 0 Å². The summed E-state index contributed by atoms with van der Waals surface area (Å²) < 4.78 is 3.46. The van der Waals surface area contributed by atoms with Crippen molar-refractivity contribution in [3.8, 4) is 5.82 Å². The Morgan fingerprint density at radius 1 is 1.04 bits per heavy atom. The Labute approximate surface area is 162 Å². The molecule has 0 saturated heterocycles. The highest BCUT2D eigenvalue weighted by molar-refractivity contribution is 5.76. The van der Waals surface area contributed by atoms with Gasteiger partial charge in [-0.05, 0) is 37.6 Å². The Balaban J connectivity index is 1.46. The average molecular weight is 375 g/mol. The lowest BCUT2D eigenvalue weighted by atomic mass is 10.2. The van der Waals surface area contributed by atoms with Crippen LogP contribution in [0.2, 0.25) is 0 Å². The summed E-state index contributed by atoms with van der Waals surface area (Å²) in [4.78, 5) is 12.2. The van der Waals surface area contributed by atoms with Gasteiger partial charge in [0.05, 0.1) is 5.69 Å². The number of hydrogen-bond donors (Lipinski definition) is 1. The lowest BCUT2D eigenvalue weighted by Crippen LogP contribution is -2.23. The van der Waals surface area contributed by atoms with Crippen molar-refractivity contribution < 1.29 is 4.79 Å². The van der Waals surface area contributed by atoms with Gasteiger partial charge in [-0.15, -0.1) is 15.3 Å². The zero-order valence-electron chi connectivity index (χ0n) is 15.8. The van der Waals surface area contributed by atoms with Crippen molar-refractivity contribution in [1.29, 1.82) is 0 Å². The predicted molar refractivity (Wildman–Crippen MR) is 104 cm³/mol. The number of aryl methyl sites for hydroxylation is 3. The molecule has 0 spiro atoms. The van der Waals surface area contributed by atoms with E-state index in [1.165, 1.54) is 0 Å². The standard InChI is InChI=1S/C20H21N7O/c1-14-12-15(2)26(24-14)19-9-8-17-22-23-18(27(17)25-19)10-11-20(28)21-13-16-6-4-3-5-7-16/h3-9,12H,10-11,13H2,1-2H3,(H,21,28).